The Balaban J connectivity index is 2.13. The van der Waals surface area contributed by atoms with E-state index in [9.17, 15) is 0 Å². The molecule has 0 spiro atoms. The van der Waals surface area contributed by atoms with Crippen LogP contribution >= 0.6 is 0 Å². The predicted molar refractivity (Wildman–Crippen MR) is 116 cm³/mol. The first-order valence-corrected chi connectivity index (χ1v) is 9.60. The number of rotatable bonds is 7. The maximum Gasteiger partial charge on any atom is 0.119 e. The first-order chi connectivity index (χ1) is 13.2. The SMILES string of the molecule is CCCOc1ccc(/C(=C(/CC)c2ccccc2)c2ccc(N)cc2)cc1. The van der Waals surface area contributed by atoms with Crippen molar-refractivity contribution in [1.29, 1.82) is 0 Å². The Morgan fingerprint density at radius 3 is 1.89 bits per heavy atom. The molecule has 0 bridgehead atoms. The maximum absolute atomic E-state index is 5.92. The molecule has 3 rings (SSSR count). The summed E-state index contributed by atoms with van der Waals surface area (Å²) in [5, 5.41) is 0. The van der Waals surface area contributed by atoms with Gasteiger partial charge < -0.3 is 10.5 Å². The van der Waals surface area contributed by atoms with Crippen LogP contribution < -0.4 is 10.5 Å². The fourth-order valence-electron chi connectivity index (χ4n) is 3.27. The summed E-state index contributed by atoms with van der Waals surface area (Å²) in [6.45, 7) is 5.06. The van der Waals surface area contributed by atoms with Crippen molar-refractivity contribution in [1.82, 2.24) is 0 Å². The van der Waals surface area contributed by atoms with Crippen LogP contribution in [0.2, 0.25) is 0 Å². The fourth-order valence-corrected chi connectivity index (χ4v) is 3.27. The van der Waals surface area contributed by atoms with E-state index < -0.39 is 0 Å². The lowest BCUT2D eigenvalue weighted by Crippen LogP contribution is -1.97. The molecule has 0 saturated carbocycles. The van der Waals surface area contributed by atoms with E-state index in [0.717, 1.165) is 30.9 Å². The van der Waals surface area contributed by atoms with E-state index in [1.54, 1.807) is 0 Å². The van der Waals surface area contributed by atoms with Gasteiger partial charge in [-0.15, -0.1) is 0 Å². The number of hydrogen-bond donors (Lipinski definition) is 1. The Morgan fingerprint density at radius 1 is 0.741 bits per heavy atom. The molecule has 0 aliphatic heterocycles. The third kappa shape index (κ3) is 4.59. The minimum absolute atomic E-state index is 0.740. The van der Waals surface area contributed by atoms with Crippen molar-refractivity contribution >= 4 is 16.8 Å². The molecule has 0 heterocycles. The summed E-state index contributed by atoms with van der Waals surface area (Å²) < 4.78 is 5.75. The number of allylic oxidation sites excluding steroid dienone is 1. The zero-order chi connectivity index (χ0) is 19.1. The van der Waals surface area contributed by atoms with Crippen molar-refractivity contribution in [2.75, 3.05) is 12.3 Å². The topological polar surface area (TPSA) is 35.2 Å². The second-order valence-electron chi connectivity index (χ2n) is 6.57. The summed E-state index contributed by atoms with van der Waals surface area (Å²) in [6.07, 6.45) is 1.95. The van der Waals surface area contributed by atoms with Crippen LogP contribution in [-0.2, 0) is 0 Å². The molecular formula is C25H27NO. The molecule has 3 aromatic rings. The van der Waals surface area contributed by atoms with Crippen LogP contribution in [0.5, 0.6) is 5.75 Å². The van der Waals surface area contributed by atoms with Crippen LogP contribution in [0.4, 0.5) is 5.69 Å². The van der Waals surface area contributed by atoms with Crippen LogP contribution in [0, 0.1) is 0 Å². The minimum Gasteiger partial charge on any atom is -0.494 e. The summed E-state index contributed by atoms with van der Waals surface area (Å²) in [4.78, 5) is 0. The van der Waals surface area contributed by atoms with Gasteiger partial charge in [-0.1, -0.05) is 68.4 Å². The maximum atomic E-state index is 5.92. The van der Waals surface area contributed by atoms with Crippen LogP contribution in [0.1, 0.15) is 43.4 Å². The zero-order valence-corrected chi connectivity index (χ0v) is 16.1. The zero-order valence-electron chi connectivity index (χ0n) is 16.1. The summed E-state index contributed by atoms with van der Waals surface area (Å²) in [5.41, 5.74) is 12.9. The van der Waals surface area contributed by atoms with E-state index in [0.29, 0.717) is 0 Å². The molecule has 2 N–H and O–H groups in total. The Bertz CT molecular complexity index is 878. The van der Waals surface area contributed by atoms with Gasteiger partial charge in [0, 0.05) is 5.69 Å². The van der Waals surface area contributed by atoms with Gasteiger partial charge in [-0.3, -0.25) is 0 Å². The van der Waals surface area contributed by atoms with Crippen molar-refractivity contribution in [3.8, 4) is 5.75 Å². The molecule has 0 aliphatic rings. The first-order valence-electron chi connectivity index (χ1n) is 9.60. The average Bonchev–Trinajstić information content (AvgIpc) is 2.72. The molecule has 0 radical (unpaired) electrons. The van der Waals surface area contributed by atoms with Crippen molar-refractivity contribution in [2.24, 2.45) is 0 Å². The number of ether oxygens (including phenoxy) is 1. The van der Waals surface area contributed by atoms with Crippen molar-refractivity contribution in [3.05, 3.63) is 95.6 Å². The summed E-state index contributed by atoms with van der Waals surface area (Å²) in [7, 11) is 0. The van der Waals surface area contributed by atoms with E-state index >= 15 is 0 Å². The van der Waals surface area contributed by atoms with E-state index in [-0.39, 0.29) is 0 Å². The second kappa shape index (κ2) is 9.09. The second-order valence-corrected chi connectivity index (χ2v) is 6.57. The third-order valence-electron chi connectivity index (χ3n) is 4.59. The Hall–Kier alpha value is -3.00. The molecule has 2 nitrogen and oxygen atoms in total. The quantitative estimate of drug-likeness (QED) is 0.391. The van der Waals surface area contributed by atoms with Gasteiger partial charge in [-0.25, -0.2) is 0 Å². The predicted octanol–water partition coefficient (Wildman–Crippen LogP) is 6.43. The normalized spacial score (nSPS) is 11.8. The smallest absolute Gasteiger partial charge is 0.119 e. The molecular weight excluding hydrogens is 330 g/mol. The van der Waals surface area contributed by atoms with Gasteiger partial charge >= 0.3 is 0 Å². The van der Waals surface area contributed by atoms with Crippen LogP contribution in [0.3, 0.4) is 0 Å². The molecule has 0 aliphatic carbocycles. The average molecular weight is 357 g/mol. The fraction of sp³-hybridized carbons (Fsp3) is 0.200. The van der Waals surface area contributed by atoms with E-state index in [1.165, 1.54) is 27.8 Å². The number of benzene rings is 3. The van der Waals surface area contributed by atoms with E-state index in [2.05, 4.69) is 80.6 Å². The molecule has 0 fully saturated rings. The third-order valence-corrected chi connectivity index (χ3v) is 4.59. The van der Waals surface area contributed by atoms with E-state index in [4.69, 9.17) is 10.5 Å². The number of nitrogen functional groups attached to an aromatic ring is 1. The number of anilines is 1. The lowest BCUT2D eigenvalue weighted by atomic mass is 9.88. The van der Waals surface area contributed by atoms with Crippen LogP contribution in [0.25, 0.3) is 11.1 Å². The van der Waals surface area contributed by atoms with E-state index in [1.807, 2.05) is 12.1 Å². The molecule has 0 unspecified atom stereocenters. The van der Waals surface area contributed by atoms with Crippen molar-refractivity contribution in [3.63, 3.8) is 0 Å². The molecule has 27 heavy (non-hydrogen) atoms. The summed E-state index contributed by atoms with van der Waals surface area (Å²) in [5.74, 6) is 0.912. The van der Waals surface area contributed by atoms with Crippen LogP contribution in [0.15, 0.2) is 78.9 Å². The van der Waals surface area contributed by atoms with Gasteiger partial charge in [0.05, 0.1) is 6.61 Å². The van der Waals surface area contributed by atoms with Crippen molar-refractivity contribution in [2.45, 2.75) is 26.7 Å². The summed E-state index contributed by atoms with van der Waals surface area (Å²) in [6, 6.07) is 27.1. The highest BCUT2D eigenvalue weighted by atomic mass is 16.5. The van der Waals surface area contributed by atoms with Gasteiger partial charge in [0.2, 0.25) is 0 Å². The highest BCUT2D eigenvalue weighted by Crippen LogP contribution is 2.35. The van der Waals surface area contributed by atoms with Gasteiger partial charge in [0.1, 0.15) is 5.75 Å². The Morgan fingerprint density at radius 2 is 1.33 bits per heavy atom. The monoisotopic (exact) mass is 357 g/mol. The largest absolute Gasteiger partial charge is 0.494 e. The number of hydrogen-bond acceptors (Lipinski definition) is 2. The minimum atomic E-state index is 0.740. The molecule has 0 amide bonds. The lowest BCUT2D eigenvalue weighted by Gasteiger charge is -2.17. The van der Waals surface area contributed by atoms with Gasteiger partial charge in [-0.2, -0.15) is 0 Å². The van der Waals surface area contributed by atoms with Gasteiger partial charge in [0.25, 0.3) is 0 Å². The molecule has 2 heteroatoms. The van der Waals surface area contributed by atoms with Gasteiger partial charge in [-0.05, 0) is 64.9 Å². The lowest BCUT2D eigenvalue weighted by molar-refractivity contribution is 0.317. The highest BCUT2D eigenvalue weighted by Gasteiger charge is 2.13. The Labute approximate surface area is 162 Å². The molecule has 138 valence electrons. The van der Waals surface area contributed by atoms with Gasteiger partial charge in [0.15, 0.2) is 0 Å². The molecule has 3 aromatic carbocycles. The highest BCUT2D eigenvalue weighted by molar-refractivity contribution is 5.98. The number of nitrogens with two attached hydrogens (primary N) is 1. The molecule has 0 aromatic heterocycles. The Kier molecular flexibility index (Phi) is 6.32. The standard InChI is InChI=1S/C25H27NO/c1-3-18-27-23-16-12-21(13-17-23)25(20-10-14-22(26)15-11-20)24(4-2)19-8-6-5-7-9-19/h5-17H,3-4,18,26H2,1-2H3/b25-24-. The first kappa shape index (κ1) is 18.8. The molecule has 0 atom stereocenters. The van der Waals surface area contributed by atoms with Crippen molar-refractivity contribution < 1.29 is 4.74 Å². The summed E-state index contributed by atoms with van der Waals surface area (Å²) >= 11 is 0. The van der Waals surface area contributed by atoms with Crippen LogP contribution in [-0.4, -0.2) is 6.61 Å². The molecule has 0 saturated heterocycles.